The lowest BCUT2D eigenvalue weighted by Gasteiger charge is -2.16. The molecule has 0 spiro atoms. The number of thioether (sulfide) groups is 2. The third-order valence-corrected chi connectivity index (χ3v) is 6.71. The summed E-state index contributed by atoms with van der Waals surface area (Å²) in [5.41, 5.74) is 2.64. The molecule has 1 heterocycles. The van der Waals surface area contributed by atoms with Crippen molar-refractivity contribution in [3.63, 3.8) is 0 Å². The van der Waals surface area contributed by atoms with Gasteiger partial charge in [-0.3, -0.25) is 0 Å². The number of rotatable bonds is 6. The molecule has 0 bridgehead atoms. The van der Waals surface area contributed by atoms with Gasteiger partial charge in [0.2, 0.25) is 0 Å². The number of ether oxygens (including phenoxy) is 2. The molecule has 0 atom stereocenters. The zero-order valence-corrected chi connectivity index (χ0v) is 16.4. The van der Waals surface area contributed by atoms with Gasteiger partial charge in [-0.05, 0) is 78.8 Å². The lowest BCUT2D eigenvalue weighted by molar-refractivity contribution is 0.317. The smallest absolute Gasteiger partial charge is 0.127 e. The topological polar surface area (TPSA) is 18.5 Å². The standard InChI is InChI=1S/C21H24O2S2/c1-3-13-22-18-9-11-20(12-10-18)23-19-7-5-17(6-8-19)16(2)21-24-14-4-15-25-21/h5-12H,3-4,13-15H2,1-2H3. The Hall–Kier alpha value is -1.52. The normalized spacial score (nSPS) is 14.2. The van der Waals surface area contributed by atoms with Crippen LogP contribution in [-0.4, -0.2) is 18.1 Å². The van der Waals surface area contributed by atoms with Crippen LogP contribution in [0.4, 0.5) is 0 Å². The Balaban J connectivity index is 1.64. The maximum Gasteiger partial charge on any atom is 0.127 e. The molecule has 0 unspecified atom stereocenters. The highest BCUT2D eigenvalue weighted by molar-refractivity contribution is 8.23. The highest BCUT2D eigenvalue weighted by atomic mass is 32.2. The van der Waals surface area contributed by atoms with E-state index in [1.165, 1.54) is 33.3 Å². The van der Waals surface area contributed by atoms with Gasteiger partial charge in [0.25, 0.3) is 0 Å². The van der Waals surface area contributed by atoms with E-state index >= 15 is 0 Å². The van der Waals surface area contributed by atoms with Gasteiger partial charge in [-0.2, -0.15) is 0 Å². The lowest BCUT2D eigenvalue weighted by atomic mass is 10.1. The van der Waals surface area contributed by atoms with Crippen molar-refractivity contribution in [3.05, 3.63) is 58.3 Å². The van der Waals surface area contributed by atoms with Gasteiger partial charge >= 0.3 is 0 Å². The van der Waals surface area contributed by atoms with Crippen molar-refractivity contribution in [1.29, 1.82) is 0 Å². The fourth-order valence-electron chi connectivity index (χ4n) is 2.50. The van der Waals surface area contributed by atoms with Crippen LogP contribution in [0.5, 0.6) is 17.2 Å². The maximum atomic E-state index is 5.94. The van der Waals surface area contributed by atoms with Crippen molar-refractivity contribution in [1.82, 2.24) is 0 Å². The Labute approximate surface area is 159 Å². The van der Waals surface area contributed by atoms with E-state index in [2.05, 4.69) is 26.0 Å². The fraction of sp³-hybridized carbons (Fsp3) is 0.333. The van der Waals surface area contributed by atoms with Gasteiger partial charge < -0.3 is 9.47 Å². The van der Waals surface area contributed by atoms with Gasteiger partial charge in [0.15, 0.2) is 0 Å². The summed E-state index contributed by atoms with van der Waals surface area (Å²) in [6.07, 6.45) is 2.32. The Kier molecular flexibility index (Phi) is 6.76. The van der Waals surface area contributed by atoms with Crippen molar-refractivity contribution >= 4 is 29.1 Å². The minimum absolute atomic E-state index is 0.743. The Morgan fingerprint density at radius 1 is 0.880 bits per heavy atom. The molecule has 1 aliphatic rings. The molecular weight excluding hydrogens is 348 g/mol. The van der Waals surface area contributed by atoms with Gasteiger partial charge in [0.05, 0.1) is 6.61 Å². The van der Waals surface area contributed by atoms with E-state index in [0.29, 0.717) is 0 Å². The molecule has 2 aromatic rings. The third-order valence-electron chi connectivity index (χ3n) is 3.88. The first-order chi connectivity index (χ1) is 12.3. The summed E-state index contributed by atoms with van der Waals surface area (Å²) < 4.78 is 13.0. The second-order valence-corrected chi connectivity index (χ2v) is 8.38. The molecule has 2 nitrogen and oxygen atoms in total. The van der Waals surface area contributed by atoms with Crippen LogP contribution in [0.2, 0.25) is 0 Å². The Morgan fingerprint density at radius 2 is 1.44 bits per heavy atom. The van der Waals surface area contributed by atoms with Crippen molar-refractivity contribution < 1.29 is 9.47 Å². The molecule has 0 aliphatic carbocycles. The molecule has 25 heavy (non-hydrogen) atoms. The van der Waals surface area contributed by atoms with Crippen LogP contribution >= 0.6 is 23.5 Å². The third kappa shape index (κ3) is 5.23. The van der Waals surface area contributed by atoms with Crippen LogP contribution in [0.15, 0.2) is 52.8 Å². The molecule has 0 amide bonds. The first-order valence-electron chi connectivity index (χ1n) is 8.74. The largest absolute Gasteiger partial charge is 0.494 e. The van der Waals surface area contributed by atoms with Gasteiger partial charge in [-0.25, -0.2) is 0 Å². The first kappa shape index (κ1) is 18.3. The van der Waals surface area contributed by atoms with E-state index in [1.54, 1.807) is 0 Å². The Bertz CT molecular complexity index is 698. The summed E-state index contributed by atoms with van der Waals surface area (Å²) in [6, 6.07) is 16.2. The molecule has 0 radical (unpaired) electrons. The monoisotopic (exact) mass is 372 g/mol. The summed E-state index contributed by atoms with van der Waals surface area (Å²) >= 11 is 3.96. The molecule has 0 saturated carbocycles. The molecule has 4 heteroatoms. The van der Waals surface area contributed by atoms with E-state index in [1.807, 2.05) is 59.9 Å². The highest BCUT2D eigenvalue weighted by Gasteiger charge is 2.11. The highest BCUT2D eigenvalue weighted by Crippen LogP contribution is 2.40. The molecule has 0 N–H and O–H groups in total. The predicted molar refractivity (Wildman–Crippen MR) is 111 cm³/mol. The van der Waals surface area contributed by atoms with Gasteiger partial charge in [0, 0.05) is 4.24 Å². The molecule has 1 fully saturated rings. The van der Waals surface area contributed by atoms with Gasteiger partial charge in [-0.1, -0.05) is 19.1 Å². The van der Waals surface area contributed by atoms with E-state index in [4.69, 9.17) is 9.47 Å². The summed E-state index contributed by atoms with van der Waals surface area (Å²) in [4.78, 5) is 0. The van der Waals surface area contributed by atoms with Crippen molar-refractivity contribution in [2.75, 3.05) is 18.1 Å². The quantitative estimate of drug-likeness (QED) is 0.553. The van der Waals surface area contributed by atoms with E-state index in [0.717, 1.165) is 30.3 Å². The fourth-order valence-corrected chi connectivity index (χ4v) is 5.13. The van der Waals surface area contributed by atoms with Crippen molar-refractivity contribution in [3.8, 4) is 17.2 Å². The average Bonchev–Trinajstić information content (AvgIpc) is 2.68. The van der Waals surface area contributed by atoms with E-state index < -0.39 is 0 Å². The molecule has 3 rings (SSSR count). The number of allylic oxidation sites excluding steroid dienone is 1. The summed E-state index contributed by atoms with van der Waals surface area (Å²) in [7, 11) is 0. The minimum Gasteiger partial charge on any atom is -0.494 e. The van der Waals surface area contributed by atoms with Crippen molar-refractivity contribution in [2.24, 2.45) is 0 Å². The summed E-state index contributed by atoms with van der Waals surface area (Å²) in [5.74, 6) is 5.03. The van der Waals surface area contributed by atoms with E-state index in [-0.39, 0.29) is 0 Å². The molecule has 132 valence electrons. The van der Waals surface area contributed by atoms with Crippen LogP contribution < -0.4 is 9.47 Å². The summed E-state index contributed by atoms with van der Waals surface area (Å²) in [5, 5.41) is 0. The average molecular weight is 373 g/mol. The van der Waals surface area contributed by atoms with Crippen LogP contribution in [0.25, 0.3) is 5.57 Å². The van der Waals surface area contributed by atoms with Crippen LogP contribution in [0.3, 0.4) is 0 Å². The van der Waals surface area contributed by atoms with Crippen molar-refractivity contribution in [2.45, 2.75) is 26.7 Å². The number of benzene rings is 2. The first-order valence-corrected chi connectivity index (χ1v) is 10.7. The number of hydrogen-bond donors (Lipinski definition) is 0. The second-order valence-electron chi connectivity index (χ2n) is 5.91. The number of hydrogen-bond acceptors (Lipinski definition) is 4. The predicted octanol–water partition coefficient (Wildman–Crippen LogP) is 6.83. The van der Waals surface area contributed by atoms with Gasteiger partial charge in [-0.15, -0.1) is 23.5 Å². The zero-order chi connectivity index (χ0) is 17.5. The van der Waals surface area contributed by atoms with Gasteiger partial charge in [0.1, 0.15) is 17.2 Å². The molecular formula is C21H24O2S2. The zero-order valence-electron chi connectivity index (χ0n) is 14.8. The molecule has 0 aromatic heterocycles. The molecule has 2 aromatic carbocycles. The molecule has 1 saturated heterocycles. The van der Waals surface area contributed by atoms with E-state index in [9.17, 15) is 0 Å². The van der Waals surface area contributed by atoms with Crippen LogP contribution in [0.1, 0.15) is 32.3 Å². The Morgan fingerprint density at radius 3 is 2.04 bits per heavy atom. The SMILES string of the molecule is CCCOc1ccc(Oc2ccc(C(C)=C3SCCCS3)cc2)cc1. The van der Waals surface area contributed by atoms with Crippen LogP contribution in [-0.2, 0) is 0 Å². The summed E-state index contributed by atoms with van der Waals surface area (Å²) in [6.45, 7) is 5.06. The maximum absolute atomic E-state index is 5.94. The minimum atomic E-state index is 0.743. The van der Waals surface area contributed by atoms with Crippen LogP contribution in [0, 0.1) is 0 Å². The second kappa shape index (κ2) is 9.25. The lowest BCUT2D eigenvalue weighted by Crippen LogP contribution is -1.95. The molecule has 1 aliphatic heterocycles.